The molecule has 11 aromatic rings. The lowest BCUT2D eigenvalue weighted by atomic mass is 9.88. The van der Waals surface area contributed by atoms with Gasteiger partial charge >= 0.3 is 0 Å². The molecule has 0 saturated carbocycles. The van der Waals surface area contributed by atoms with E-state index < -0.39 is 0 Å². The van der Waals surface area contributed by atoms with E-state index >= 15 is 0 Å². The van der Waals surface area contributed by atoms with Crippen LogP contribution in [-0.2, 0) is 0 Å². The van der Waals surface area contributed by atoms with Crippen molar-refractivity contribution in [2.24, 2.45) is 0 Å². The van der Waals surface area contributed by atoms with E-state index in [1.807, 2.05) is 24.3 Å². The Morgan fingerprint density at radius 3 is 1.49 bits per heavy atom. The molecule has 57 heavy (non-hydrogen) atoms. The second kappa shape index (κ2) is 13.6. The van der Waals surface area contributed by atoms with Crippen molar-refractivity contribution < 1.29 is 8.83 Å². The van der Waals surface area contributed by atoms with Gasteiger partial charge in [-0.3, -0.25) is 0 Å². The van der Waals surface area contributed by atoms with E-state index in [-0.39, 0.29) is 0 Å². The lowest BCUT2D eigenvalue weighted by Gasteiger charge is -2.28. The van der Waals surface area contributed by atoms with Gasteiger partial charge in [-0.25, -0.2) is 0 Å². The molecule has 0 amide bonds. The van der Waals surface area contributed by atoms with Crippen LogP contribution in [0, 0.1) is 0 Å². The van der Waals surface area contributed by atoms with Crippen LogP contribution in [-0.4, -0.2) is 0 Å². The fourth-order valence-corrected chi connectivity index (χ4v) is 8.43. The van der Waals surface area contributed by atoms with Gasteiger partial charge in [0, 0.05) is 44.5 Å². The predicted octanol–water partition coefficient (Wildman–Crippen LogP) is 15.6. The maximum atomic E-state index is 6.46. The van der Waals surface area contributed by atoms with Gasteiger partial charge in [-0.15, -0.1) is 0 Å². The summed E-state index contributed by atoms with van der Waals surface area (Å²) in [6.07, 6.45) is 0. The number of hydrogen-bond donors (Lipinski definition) is 0. The van der Waals surface area contributed by atoms with Gasteiger partial charge in [0.05, 0.1) is 5.69 Å². The van der Waals surface area contributed by atoms with Gasteiger partial charge in [0.2, 0.25) is 0 Å². The first-order chi connectivity index (χ1) is 28.3. The molecule has 3 heteroatoms. The quantitative estimate of drug-likeness (QED) is 0.164. The zero-order valence-electron chi connectivity index (χ0n) is 31.0. The molecule has 268 valence electrons. The predicted molar refractivity (Wildman–Crippen MR) is 237 cm³/mol. The van der Waals surface area contributed by atoms with Crippen LogP contribution in [0.25, 0.3) is 88.4 Å². The van der Waals surface area contributed by atoms with Crippen LogP contribution in [0.15, 0.2) is 221 Å². The fraction of sp³-hybridized carbons (Fsp3) is 0. The first-order valence-electron chi connectivity index (χ1n) is 19.3. The number of hydrogen-bond acceptors (Lipinski definition) is 3. The summed E-state index contributed by atoms with van der Waals surface area (Å²) in [7, 11) is 0. The molecule has 0 saturated heterocycles. The Balaban J connectivity index is 1.08. The fourth-order valence-electron chi connectivity index (χ4n) is 8.43. The molecule has 9 aromatic carbocycles. The van der Waals surface area contributed by atoms with Crippen molar-refractivity contribution in [3.63, 3.8) is 0 Å². The van der Waals surface area contributed by atoms with Crippen LogP contribution >= 0.6 is 0 Å². The first-order valence-corrected chi connectivity index (χ1v) is 19.3. The summed E-state index contributed by atoms with van der Waals surface area (Å²) in [5.74, 6) is 0. The molecule has 0 fully saturated rings. The van der Waals surface area contributed by atoms with Gasteiger partial charge in [-0.1, -0.05) is 152 Å². The van der Waals surface area contributed by atoms with Crippen LogP contribution in [0.4, 0.5) is 17.1 Å². The number of nitrogens with zero attached hydrogens (tertiary/aromatic N) is 1. The van der Waals surface area contributed by atoms with Gasteiger partial charge in [-0.2, -0.15) is 0 Å². The highest BCUT2D eigenvalue weighted by molar-refractivity contribution is 6.08. The van der Waals surface area contributed by atoms with Crippen molar-refractivity contribution in [2.75, 3.05) is 4.90 Å². The zero-order chi connectivity index (χ0) is 37.7. The lowest BCUT2D eigenvalue weighted by molar-refractivity contribution is 0.668. The van der Waals surface area contributed by atoms with Crippen molar-refractivity contribution in [3.05, 3.63) is 212 Å². The smallest absolute Gasteiger partial charge is 0.137 e. The molecule has 0 atom stereocenters. The molecular weight excluding hydrogens is 695 g/mol. The number of fused-ring (bicyclic) bond motifs is 6. The summed E-state index contributed by atoms with van der Waals surface area (Å²) >= 11 is 0. The molecule has 0 aliphatic heterocycles. The van der Waals surface area contributed by atoms with Gasteiger partial charge in [0.25, 0.3) is 0 Å². The molecule has 2 aromatic heterocycles. The minimum absolute atomic E-state index is 0.852. The highest BCUT2D eigenvalue weighted by atomic mass is 16.3. The number of para-hydroxylation sites is 3. The topological polar surface area (TPSA) is 29.5 Å². The summed E-state index contributed by atoms with van der Waals surface area (Å²) in [6.45, 7) is 0. The molecule has 2 heterocycles. The van der Waals surface area contributed by atoms with E-state index in [1.165, 1.54) is 22.3 Å². The van der Waals surface area contributed by atoms with E-state index in [9.17, 15) is 0 Å². The van der Waals surface area contributed by atoms with Gasteiger partial charge in [0.1, 0.15) is 22.3 Å². The van der Waals surface area contributed by atoms with E-state index in [0.717, 1.165) is 83.2 Å². The number of furan rings is 2. The lowest BCUT2D eigenvalue weighted by Crippen LogP contribution is -2.11. The third-order valence-corrected chi connectivity index (χ3v) is 11.1. The Morgan fingerprint density at radius 1 is 0.263 bits per heavy atom. The summed E-state index contributed by atoms with van der Waals surface area (Å²) in [4.78, 5) is 2.36. The van der Waals surface area contributed by atoms with Crippen LogP contribution < -0.4 is 4.90 Å². The average Bonchev–Trinajstić information content (AvgIpc) is 3.85. The standard InChI is InChI=1S/C54H35NO2/c1-2-14-37(15-3-1)41-16-4-5-17-42(41)43-18-6-7-19-44(43)45-20-8-11-23-50(45)55(40-31-32-48-46-21-9-12-24-51(46)57-54(48)35-40)39-29-26-36(27-30-39)38-28-33-53-49(34-38)47-22-10-13-25-52(47)56-53/h1-35H. The Labute approximate surface area is 330 Å². The third-order valence-electron chi connectivity index (χ3n) is 11.1. The minimum atomic E-state index is 0.852. The summed E-state index contributed by atoms with van der Waals surface area (Å²) in [5.41, 5.74) is 16.0. The Bertz CT molecular complexity index is 3240. The Kier molecular flexibility index (Phi) is 7.82. The molecule has 0 aliphatic rings. The van der Waals surface area contributed by atoms with Gasteiger partial charge in [0.15, 0.2) is 0 Å². The van der Waals surface area contributed by atoms with E-state index in [0.29, 0.717) is 0 Å². The molecule has 0 aliphatic carbocycles. The average molecular weight is 730 g/mol. The first kappa shape index (κ1) is 32.8. The number of benzene rings is 9. The van der Waals surface area contributed by atoms with Crippen molar-refractivity contribution in [1.29, 1.82) is 0 Å². The van der Waals surface area contributed by atoms with Crippen molar-refractivity contribution >= 4 is 60.9 Å². The molecular formula is C54H35NO2. The molecule has 0 N–H and O–H groups in total. The highest BCUT2D eigenvalue weighted by Gasteiger charge is 2.21. The monoisotopic (exact) mass is 729 g/mol. The molecule has 11 rings (SSSR count). The number of rotatable bonds is 7. The van der Waals surface area contributed by atoms with Crippen LogP contribution in [0.3, 0.4) is 0 Å². The summed E-state index contributed by atoms with van der Waals surface area (Å²) in [6, 6.07) is 75.3. The Morgan fingerprint density at radius 2 is 0.754 bits per heavy atom. The number of anilines is 3. The minimum Gasteiger partial charge on any atom is -0.456 e. The molecule has 0 radical (unpaired) electrons. The largest absolute Gasteiger partial charge is 0.456 e. The molecule has 0 spiro atoms. The van der Waals surface area contributed by atoms with Gasteiger partial charge < -0.3 is 13.7 Å². The second-order valence-electron chi connectivity index (χ2n) is 14.4. The summed E-state index contributed by atoms with van der Waals surface area (Å²) in [5, 5.41) is 4.46. The van der Waals surface area contributed by atoms with Crippen LogP contribution in [0.1, 0.15) is 0 Å². The third kappa shape index (κ3) is 5.68. The van der Waals surface area contributed by atoms with E-state index in [2.05, 4.69) is 193 Å². The zero-order valence-corrected chi connectivity index (χ0v) is 31.0. The van der Waals surface area contributed by atoms with Crippen molar-refractivity contribution in [2.45, 2.75) is 0 Å². The Hall–Kier alpha value is -7.62. The van der Waals surface area contributed by atoms with E-state index in [1.54, 1.807) is 0 Å². The maximum absolute atomic E-state index is 6.46. The van der Waals surface area contributed by atoms with Crippen molar-refractivity contribution in [3.8, 4) is 44.5 Å². The molecule has 3 nitrogen and oxygen atoms in total. The van der Waals surface area contributed by atoms with Crippen LogP contribution in [0.2, 0.25) is 0 Å². The van der Waals surface area contributed by atoms with Crippen molar-refractivity contribution in [1.82, 2.24) is 0 Å². The second-order valence-corrected chi connectivity index (χ2v) is 14.4. The van der Waals surface area contributed by atoms with Crippen LogP contribution in [0.5, 0.6) is 0 Å². The normalized spacial score (nSPS) is 11.5. The van der Waals surface area contributed by atoms with E-state index in [4.69, 9.17) is 8.83 Å². The SMILES string of the molecule is c1ccc(-c2ccccc2-c2ccccc2-c2ccccc2N(c2ccc(-c3ccc4oc5ccccc5c4c3)cc2)c2ccc3c(c2)oc2ccccc23)cc1. The highest BCUT2D eigenvalue weighted by Crippen LogP contribution is 2.46. The summed E-state index contributed by atoms with van der Waals surface area (Å²) < 4.78 is 12.6. The molecule has 0 bridgehead atoms. The maximum Gasteiger partial charge on any atom is 0.137 e. The molecule has 0 unspecified atom stereocenters. The van der Waals surface area contributed by atoms with Gasteiger partial charge in [-0.05, 0) is 93.5 Å².